The van der Waals surface area contributed by atoms with Crippen molar-refractivity contribution in [2.75, 3.05) is 12.4 Å². The number of carbonyl (C=O) groups is 1. The number of alkyl halides is 3. The molecule has 11 heteroatoms. The zero-order valence-corrected chi connectivity index (χ0v) is 21.9. The molecule has 1 amide bonds. The molecule has 3 N–H and O–H groups in total. The van der Waals surface area contributed by atoms with Crippen molar-refractivity contribution < 1.29 is 31.5 Å². The van der Waals surface area contributed by atoms with Crippen molar-refractivity contribution in [1.29, 1.82) is 0 Å². The normalized spacial score (nSPS) is 19.5. The molecule has 4 rings (SSSR count). The molecule has 3 aromatic rings. The number of nitrogens with zero attached hydrogens (tertiary/aromatic N) is 2. The molecule has 7 nitrogen and oxygen atoms in total. The van der Waals surface area contributed by atoms with E-state index >= 15 is 0 Å². The Bertz CT molecular complexity index is 1390. The minimum Gasteiger partial charge on any atom is -0.396 e. The highest BCUT2D eigenvalue weighted by molar-refractivity contribution is 7.91. The fraction of sp³-hybridized carbons (Fsp3) is 0.481. The second-order valence-corrected chi connectivity index (χ2v) is 12.2. The molecular weight excluding hydrogens is 519 g/mol. The Hall–Kier alpha value is -2.92. The van der Waals surface area contributed by atoms with Gasteiger partial charge in [0.2, 0.25) is 5.91 Å². The van der Waals surface area contributed by atoms with Crippen LogP contribution in [0, 0.1) is 11.8 Å². The lowest BCUT2D eigenvalue weighted by Crippen LogP contribution is -2.28. The van der Waals surface area contributed by atoms with E-state index in [0.29, 0.717) is 42.5 Å². The van der Waals surface area contributed by atoms with Crippen molar-refractivity contribution in [1.82, 2.24) is 9.55 Å². The fourth-order valence-corrected chi connectivity index (χ4v) is 6.26. The number of aliphatic hydroxyl groups is 1. The molecule has 1 aromatic heterocycles. The maximum atomic E-state index is 13.2. The molecule has 0 aliphatic heterocycles. The van der Waals surface area contributed by atoms with Gasteiger partial charge in [-0.2, -0.15) is 13.2 Å². The van der Waals surface area contributed by atoms with Crippen molar-refractivity contribution in [3.05, 3.63) is 59.4 Å². The molecule has 0 bridgehead atoms. The molecule has 1 aliphatic rings. The van der Waals surface area contributed by atoms with Gasteiger partial charge in [0.1, 0.15) is 5.82 Å². The summed E-state index contributed by atoms with van der Waals surface area (Å²) in [5.41, 5.74) is 7.72. The predicted molar refractivity (Wildman–Crippen MR) is 137 cm³/mol. The van der Waals surface area contributed by atoms with Gasteiger partial charge in [-0.05, 0) is 73.9 Å². The Morgan fingerprint density at radius 3 is 2.34 bits per heavy atom. The first-order chi connectivity index (χ1) is 17.9. The third-order valence-electron chi connectivity index (χ3n) is 7.55. The number of primary amides is 1. The number of nitrogens with two attached hydrogens (primary N) is 1. The van der Waals surface area contributed by atoms with Gasteiger partial charge < -0.3 is 15.4 Å². The van der Waals surface area contributed by atoms with Gasteiger partial charge >= 0.3 is 6.18 Å². The van der Waals surface area contributed by atoms with Gasteiger partial charge in [-0.1, -0.05) is 19.1 Å². The molecule has 0 saturated heterocycles. The highest BCUT2D eigenvalue weighted by Crippen LogP contribution is 2.41. The van der Waals surface area contributed by atoms with Crippen LogP contribution in [0.3, 0.4) is 0 Å². The Morgan fingerprint density at radius 2 is 1.79 bits per heavy atom. The Kier molecular flexibility index (Phi) is 8.17. The van der Waals surface area contributed by atoms with Gasteiger partial charge in [0.25, 0.3) is 0 Å². The van der Waals surface area contributed by atoms with E-state index in [2.05, 4.69) is 0 Å². The summed E-state index contributed by atoms with van der Waals surface area (Å²) >= 11 is 0. The number of aliphatic hydroxyl groups excluding tert-OH is 1. The van der Waals surface area contributed by atoms with Crippen LogP contribution in [-0.2, 0) is 16.3 Å². The molecule has 1 aliphatic carbocycles. The number of sulfone groups is 1. The summed E-state index contributed by atoms with van der Waals surface area (Å²) in [6.07, 6.45) is -2.44. The summed E-state index contributed by atoms with van der Waals surface area (Å²) < 4.78 is 66.1. The van der Waals surface area contributed by atoms with E-state index in [1.807, 2.05) is 4.57 Å². The summed E-state index contributed by atoms with van der Waals surface area (Å²) in [5.74, 6) is -1.27. The predicted octanol–water partition coefficient (Wildman–Crippen LogP) is 4.81. The summed E-state index contributed by atoms with van der Waals surface area (Å²) in [5, 5.41) is 9.93. The molecule has 206 valence electrons. The second-order valence-electron chi connectivity index (χ2n) is 9.93. The van der Waals surface area contributed by atoms with Crippen LogP contribution in [0.5, 0.6) is 0 Å². The first-order valence-corrected chi connectivity index (χ1v) is 14.4. The van der Waals surface area contributed by atoms with Crippen LogP contribution in [-0.4, -0.2) is 47.5 Å². The maximum Gasteiger partial charge on any atom is 0.391 e. The van der Waals surface area contributed by atoms with Crippen molar-refractivity contribution >= 4 is 26.8 Å². The van der Waals surface area contributed by atoms with E-state index in [4.69, 9.17) is 10.7 Å². The monoisotopic (exact) mass is 551 g/mol. The summed E-state index contributed by atoms with van der Waals surface area (Å²) in [6.45, 7) is 1.42. The van der Waals surface area contributed by atoms with Gasteiger partial charge in [0.15, 0.2) is 9.84 Å². The summed E-state index contributed by atoms with van der Waals surface area (Å²) in [4.78, 5) is 16.7. The second kappa shape index (κ2) is 11.1. The number of aromatic nitrogens is 2. The lowest BCUT2D eigenvalue weighted by molar-refractivity contribution is -0.183. The number of benzene rings is 2. The topological polar surface area (TPSA) is 115 Å². The molecule has 1 saturated carbocycles. The molecule has 0 radical (unpaired) electrons. The summed E-state index contributed by atoms with van der Waals surface area (Å²) in [7, 11) is -3.39. The first kappa shape index (κ1) is 28.1. The van der Waals surface area contributed by atoms with Crippen molar-refractivity contribution in [2.45, 2.75) is 62.6 Å². The highest BCUT2D eigenvalue weighted by Gasteiger charge is 2.41. The molecule has 1 heterocycles. The standard InChI is InChI=1S/C27H32F3N3O4S/c1-2-38(36,37)21-10-5-18(6-11-21)23(13-14-34)33-24-12-7-19(26(31)35)16-22(24)32-25(33)15-17-3-8-20(9-4-17)27(28,29)30/h5-7,10-12,16-17,20,23,34H,2-4,8-9,13-15H2,1H3,(H2,31,35)/t17?,20?,23-/m0/s1. The SMILES string of the molecule is CCS(=O)(=O)c1ccc([C@H](CCO)n2c(CC3CCC(C(F)(F)F)CC3)nc3cc(C(N)=O)ccc32)cc1. The van der Waals surface area contributed by atoms with Crippen LogP contribution in [0.15, 0.2) is 47.4 Å². The summed E-state index contributed by atoms with van der Waals surface area (Å²) in [6, 6.07) is 11.0. The van der Waals surface area contributed by atoms with Gasteiger partial charge in [0, 0.05) is 18.6 Å². The average molecular weight is 552 g/mol. The largest absolute Gasteiger partial charge is 0.396 e. The van der Waals surface area contributed by atoms with E-state index < -0.39 is 33.9 Å². The molecule has 1 fully saturated rings. The van der Waals surface area contributed by atoms with Crippen molar-refractivity contribution in [3.8, 4) is 0 Å². The molecule has 38 heavy (non-hydrogen) atoms. The quantitative estimate of drug-likeness (QED) is 0.396. The Balaban J connectivity index is 1.75. The van der Waals surface area contributed by atoms with Gasteiger partial charge in [-0.3, -0.25) is 4.79 Å². The van der Waals surface area contributed by atoms with E-state index in [1.54, 1.807) is 49.4 Å². The third-order valence-corrected chi connectivity index (χ3v) is 9.30. The van der Waals surface area contributed by atoms with Crippen LogP contribution in [0.1, 0.15) is 66.8 Å². The van der Waals surface area contributed by atoms with Crippen LogP contribution >= 0.6 is 0 Å². The van der Waals surface area contributed by atoms with E-state index in [-0.39, 0.29) is 41.6 Å². The minimum atomic E-state index is -4.19. The van der Waals surface area contributed by atoms with Gasteiger partial charge in [0.05, 0.1) is 33.6 Å². The van der Waals surface area contributed by atoms with Crippen LogP contribution in [0.4, 0.5) is 13.2 Å². The van der Waals surface area contributed by atoms with Crippen LogP contribution in [0.2, 0.25) is 0 Å². The molecule has 0 spiro atoms. The van der Waals surface area contributed by atoms with Crippen LogP contribution < -0.4 is 5.73 Å². The van der Waals surface area contributed by atoms with Gasteiger partial charge in [-0.25, -0.2) is 13.4 Å². The van der Waals surface area contributed by atoms with E-state index in [1.165, 1.54) is 0 Å². The number of imidazole rings is 1. The minimum absolute atomic E-state index is 0.00613. The zero-order valence-electron chi connectivity index (χ0n) is 21.1. The Labute approximate surface area is 219 Å². The molecule has 1 atom stereocenters. The number of carbonyl (C=O) groups excluding carboxylic acids is 1. The van der Waals surface area contributed by atoms with E-state index in [0.717, 1.165) is 5.56 Å². The number of halogens is 3. The highest BCUT2D eigenvalue weighted by atomic mass is 32.2. The third kappa shape index (κ3) is 5.88. The fourth-order valence-electron chi connectivity index (χ4n) is 5.38. The van der Waals surface area contributed by atoms with Gasteiger partial charge in [-0.15, -0.1) is 0 Å². The lowest BCUT2D eigenvalue weighted by Gasteiger charge is -2.30. The smallest absolute Gasteiger partial charge is 0.391 e. The number of rotatable bonds is 9. The average Bonchev–Trinajstić information content (AvgIpc) is 3.23. The lowest BCUT2D eigenvalue weighted by atomic mass is 9.80. The number of fused-ring (bicyclic) bond motifs is 1. The zero-order chi connectivity index (χ0) is 27.7. The molecule has 0 unspecified atom stereocenters. The van der Waals surface area contributed by atoms with Crippen LogP contribution in [0.25, 0.3) is 11.0 Å². The first-order valence-electron chi connectivity index (χ1n) is 12.8. The van der Waals surface area contributed by atoms with Crippen molar-refractivity contribution in [2.24, 2.45) is 17.6 Å². The molecule has 2 aromatic carbocycles. The number of hydrogen-bond donors (Lipinski definition) is 2. The van der Waals surface area contributed by atoms with Crippen molar-refractivity contribution in [3.63, 3.8) is 0 Å². The number of amides is 1. The Morgan fingerprint density at radius 1 is 1.13 bits per heavy atom. The number of hydrogen-bond acceptors (Lipinski definition) is 5. The maximum absolute atomic E-state index is 13.2. The van der Waals surface area contributed by atoms with E-state index in [9.17, 15) is 31.5 Å². The molecular formula is C27H32F3N3O4S.